The lowest BCUT2D eigenvalue weighted by molar-refractivity contribution is 0.0320. The highest BCUT2D eigenvalue weighted by molar-refractivity contribution is 7.99. The zero-order valence-corrected chi connectivity index (χ0v) is 11.2. The Morgan fingerprint density at radius 3 is 2.32 bits per heavy atom. The molecule has 2 nitrogen and oxygen atoms in total. The van der Waals surface area contributed by atoms with Crippen LogP contribution in [0.4, 0.5) is 13.2 Å². The van der Waals surface area contributed by atoms with Crippen LogP contribution in [0, 0.1) is 17.5 Å². The second-order valence-electron chi connectivity index (χ2n) is 4.81. The monoisotopic (exact) mass is 291 g/mol. The number of nitrogens with one attached hydrogen (secondary N) is 1. The first-order chi connectivity index (χ1) is 9.00. The van der Waals surface area contributed by atoms with E-state index in [0.717, 1.165) is 23.6 Å². The van der Waals surface area contributed by atoms with E-state index in [2.05, 4.69) is 5.32 Å². The van der Waals surface area contributed by atoms with E-state index < -0.39 is 23.1 Å². The molecule has 0 radical (unpaired) electrons. The summed E-state index contributed by atoms with van der Waals surface area (Å²) in [4.78, 5) is 0. The molecule has 1 aliphatic heterocycles. The van der Waals surface area contributed by atoms with Gasteiger partial charge in [-0.15, -0.1) is 0 Å². The van der Waals surface area contributed by atoms with Gasteiger partial charge in [-0.05, 0) is 42.0 Å². The maximum atomic E-state index is 13.0. The predicted molar refractivity (Wildman–Crippen MR) is 69.5 cm³/mol. The van der Waals surface area contributed by atoms with Crippen molar-refractivity contribution in [2.45, 2.75) is 25.0 Å². The van der Waals surface area contributed by atoms with Gasteiger partial charge in [0.15, 0.2) is 17.5 Å². The fourth-order valence-corrected chi connectivity index (χ4v) is 3.33. The SMILES string of the molecule is OC1(CNCc2cc(F)c(F)c(F)c2)CCSCC1. The van der Waals surface area contributed by atoms with Crippen LogP contribution in [0.1, 0.15) is 18.4 Å². The van der Waals surface area contributed by atoms with Gasteiger partial charge in [0.1, 0.15) is 0 Å². The van der Waals surface area contributed by atoms with Gasteiger partial charge in [0, 0.05) is 13.1 Å². The van der Waals surface area contributed by atoms with Crippen molar-refractivity contribution in [2.75, 3.05) is 18.1 Å². The van der Waals surface area contributed by atoms with Gasteiger partial charge in [0.05, 0.1) is 5.60 Å². The molecule has 0 saturated carbocycles. The van der Waals surface area contributed by atoms with Crippen molar-refractivity contribution in [3.63, 3.8) is 0 Å². The van der Waals surface area contributed by atoms with Crippen molar-refractivity contribution in [1.29, 1.82) is 0 Å². The lowest BCUT2D eigenvalue weighted by Gasteiger charge is -2.32. The molecule has 2 N–H and O–H groups in total. The lowest BCUT2D eigenvalue weighted by Crippen LogP contribution is -2.43. The summed E-state index contributed by atoms with van der Waals surface area (Å²) in [5.41, 5.74) is -0.423. The van der Waals surface area contributed by atoms with Crippen LogP contribution in [0.3, 0.4) is 0 Å². The van der Waals surface area contributed by atoms with Crippen LogP contribution in [-0.2, 0) is 6.54 Å². The summed E-state index contributed by atoms with van der Waals surface area (Å²) in [5, 5.41) is 13.2. The van der Waals surface area contributed by atoms with Gasteiger partial charge in [0.2, 0.25) is 0 Å². The molecule has 6 heteroatoms. The summed E-state index contributed by atoms with van der Waals surface area (Å²) in [6.45, 7) is 0.567. The van der Waals surface area contributed by atoms with E-state index in [9.17, 15) is 18.3 Å². The Hall–Kier alpha value is -0.720. The molecule has 1 aromatic carbocycles. The third-order valence-corrected chi connectivity index (χ3v) is 4.24. The fourth-order valence-electron chi connectivity index (χ4n) is 2.08. The molecule has 1 aromatic rings. The molecule has 106 valence electrons. The van der Waals surface area contributed by atoms with Crippen LogP contribution < -0.4 is 5.32 Å². The summed E-state index contributed by atoms with van der Waals surface area (Å²) < 4.78 is 38.8. The highest BCUT2D eigenvalue weighted by Crippen LogP contribution is 2.26. The van der Waals surface area contributed by atoms with Gasteiger partial charge in [-0.3, -0.25) is 0 Å². The Balaban J connectivity index is 1.89. The lowest BCUT2D eigenvalue weighted by atomic mass is 9.97. The maximum absolute atomic E-state index is 13.0. The van der Waals surface area contributed by atoms with Crippen LogP contribution in [0.5, 0.6) is 0 Å². The summed E-state index contributed by atoms with van der Waals surface area (Å²) in [5.74, 6) is -2.00. The quantitative estimate of drug-likeness (QED) is 0.836. The Bertz CT molecular complexity index is 427. The Kier molecular flexibility index (Phi) is 4.76. The zero-order chi connectivity index (χ0) is 13.9. The summed E-state index contributed by atoms with van der Waals surface area (Å²) in [6, 6.07) is 1.93. The van der Waals surface area contributed by atoms with E-state index in [1.165, 1.54) is 0 Å². The number of halogens is 3. The van der Waals surface area contributed by atoms with Crippen LogP contribution in [-0.4, -0.2) is 28.8 Å². The minimum absolute atomic E-state index is 0.198. The van der Waals surface area contributed by atoms with Crippen molar-refractivity contribution in [3.05, 3.63) is 35.1 Å². The zero-order valence-electron chi connectivity index (χ0n) is 10.4. The standard InChI is InChI=1S/C13H16F3NOS/c14-10-5-9(6-11(15)12(10)16)7-17-8-13(18)1-3-19-4-2-13/h5-6,17-18H,1-4,7-8H2. The van der Waals surface area contributed by atoms with Gasteiger partial charge in [-0.25, -0.2) is 13.2 Å². The average Bonchev–Trinajstić information content (AvgIpc) is 2.36. The third-order valence-electron chi connectivity index (χ3n) is 3.25. The number of rotatable bonds is 4. The van der Waals surface area contributed by atoms with Crippen LogP contribution >= 0.6 is 11.8 Å². The maximum Gasteiger partial charge on any atom is 0.194 e. The van der Waals surface area contributed by atoms with Crippen molar-refractivity contribution in [2.24, 2.45) is 0 Å². The molecular formula is C13H16F3NOS. The van der Waals surface area contributed by atoms with Gasteiger partial charge in [0.25, 0.3) is 0 Å². The van der Waals surface area contributed by atoms with E-state index >= 15 is 0 Å². The summed E-state index contributed by atoms with van der Waals surface area (Å²) in [6.07, 6.45) is 1.41. The van der Waals surface area contributed by atoms with Crippen LogP contribution in [0.15, 0.2) is 12.1 Å². The highest BCUT2D eigenvalue weighted by atomic mass is 32.2. The van der Waals surface area contributed by atoms with E-state index in [-0.39, 0.29) is 6.54 Å². The first kappa shape index (κ1) is 14.7. The minimum atomic E-state index is -1.45. The normalized spacial score (nSPS) is 18.5. The molecule has 0 spiro atoms. The highest BCUT2D eigenvalue weighted by Gasteiger charge is 2.28. The molecule has 1 aliphatic rings. The molecule has 19 heavy (non-hydrogen) atoms. The Morgan fingerprint density at radius 2 is 1.74 bits per heavy atom. The molecule has 1 fully saturated rings. The third kappa shape index (κ3) is 3.87. The fraction of sp³-hybridized carbons (Fsp3) is 0.538. The summed E-state index contributed by atoms with van der Waals surface area (Å²) in [7, 11) is 0. The number of hydrogen-bond acceptors (Lipinski definition) is 3. The molecule has 0 unspecified atom stereocenters. The number of hydrogen-bond donors (Lipinski definition) is 2. The van der Waals surface area contributed by atoms with Crippen LogP contribution in [0.2, 0.25) is 0 Å². The largest absolute Gasteiger partial charge is 0.389 e. The smallest absolute Gasteiger partial charge is 0.194 e. The predicted octanol–water partition coefficient (Wildman–Crippen LogP) is 2.45. The first-order valence-electron chi connectivity index (χ1n) is 6.14. The molecule has 2 rings (SSSR count). The van der Waals surface area contributed by atoms with Crippen molar-refractivity contribution in [3.8, 4) is 0 Å². The molecule has 1 saturated heterocycles. The van der Waals surface area contributed by atoms with Gasteiger partial charge >= 0.3 is 0 Å². The van der Waals surface area contributed by atoms with Gasteiger partial charge in [-0.1, -0.05) is 0 Å². The van der Waals surface area contributed by atoms with E-state index in [1.54, 1.807) is 11.8 Å². The molecular weight excluding hydrogens is 275 g/mol. The molecule has 0 amide bonds. The molecule has 1 heterocycles. The van der Waals surface area contributed by atoms with Crippen molar-refractivity contribution >= 4 is 11.8 Å². The van der Waals surface area contributed by atoms with Crippen LogP contribution in [0.25, 0.3) is 0 Å². The van der Waals surface area contributed by atoms with Crippen molar-refractivity contribution in [1.82, 2.24) is 5.32 Å². The Labute approximate surface area is 114 Å². The van der Waals surface area contributed by atoms with E-state index in [4.69, 9.17) is 0 Å². The summed E-state index contributed by atoms with van der Waals surface area (Å²) >= 11 is 1.80. The first-order valence-corrected chi connectivity index (χ1v) is 7.30. The number of thioether (sulfide) groups is 1. The molecule has 0 aliphatic carbocycles. The topological polar surface area (TPSA) is 32.3 Å². The number of benzene rings is 1. The molecule has 0 atom stereocenters. The van der Waals surface area contributed by atoms with Gasteiger partial charge in [-0.2, -0.15) is 11.8 Å². The van der Waals surface area contributed by atoms with Gasteiger partial charge < -0.3 is 10.4 Å². The van der Waals surface area contributed by atoms with Crippen molar-refractivity contribution < 1.29 is 18.3 Å². The second-order valence-corrected chi connectivity index (χ2v) is 6.04. The second kappa shape index (κ2) is 6.15. The Morgan fingerprint density at radius 1 is 1.16 bits per heavy atom. The minimum Gasteiger partial charge on any atom is -0.389 e. The number of aliphatic hydroxyl groups is 1. The van der Waals surface area contributed by atoms with E-state index in [1.807, 2.05) is 0 Å². The molecule has 0 bridgehead atoms. The molecule has 0 aromatic heterocycles. The average molecular weight is 291 g/mol. The van der Waals surface area contributed by atoms with E-state index in [0.29, 0.717) is 24.9 Å².